The molecule has 14 heavy (non-hydrogen) atoms. The second-order valence-electron chi connectivity index (χ2n) is 2.46. The molecule has 0 unspecified atom stereocenters. The molecule has 78 valence electrons. The fourth-order valence-electron chi connectivity index (χ4n) is 0.807. The molecule has 4 heteroatoms. The summed E-state index contributed by atoms with van der Waals surface area (Å²) in [6.07, 6.45) is 0. The Balaban J connectivity index is 0.000000500. The van der Waals surface area contributed by atoms with Crippen molar-refractivity contribution in [1.29, 1.82) is 0 Å². The van der Waals surface area contributed by atoms with E-state index >= 15 is 0 Å². The number of carbonyl (C=O) groups excluding carboxylic acids is 1. The molecule has 0 fully saturated rings. The predicted molar refractivity (Wildman–Crippen MR) is 59.1 cm³/mol. The second kappa shape index (κ2) is 7.65. The van der Waals surface area contributed by atoms with Crippen molar-refractivity contribution in [2.24, 2.45) is 0 Å². The zero-order valence-corrected chi connectivity index (χ0v) is 9.60. The molecule has 0 aliphatic rings. The summed E-state index contributed by atoms with van der Waals surface area (Å²) in [5.74, 6) is -0.287. The molecule has 2 nitrogen and oxygen atoms in total. The van der Waals surface area contributed by atoms with Crippen LogP contribution in [0.25, 0.3) is 0 Å². The van der Waals surface area contributed by atoms with Crippen LogP contribution >= 0.6 is 23.2 Å². The highest BCUT2D eigenvalue weighted by atomic mass is 35.5. The van der Waals surface area contributed by atoms with Gasteiger partial charge >= 0.3 is 5.97 Å². The van der Waals surface area contributed by atoms with Crippen molar-refractivity contribution in [3.05, 3.63) is 35.4 Å². The van der Waals surface area contributed by atoms with Gasteiger partial charge in [0.15, 0.2) is 0 Å². The summed E-state index contributed by atoms with van der Waals surface area (Å²) < 4.78 is 4.54. The van der Waals surface area contributed by atoms with Gasteiger partial charge in [-0.15, -0.1) is 23.2 Å². The molecule has 1 aromatic carbocycles. The largest absolute Gasteiger partial charge is 0.465 e. The average Bonchev–Trinajstić information content (AvgIpc) is 2.19. The molecule has 0 saturated heterocycles. The number of esters is 1. The number of halogens is 2. The highest BCUT2D eigenvalue weighted by Gasteiger charge is 2.01. The van der Waals surface area contributed by atoms with Gasteiger partial charge in [0.05, 0.1) is 18.0 Å². The number of aryl methyl sites for hydroxylation is 1. The Morgan fingerprint density at radius 2 is 1.71 bits per heavy atom. The average molecular weight is 235 g/mol. The van der Waals surface area contributed by atoms with E-state index in [0.717, 1.165) is 5.56 Å². The van der Waals surface area contributed by atoms with E-state index < -0.39 is 0 Å². The molecule has 1 rings (SSSR count). The molecule has 0 radical (unpaired) electrons. The van der Waals surface area contributed by atoms with Crippen molar-refractivity contribution >= 4 is 29.2 Å². The van der Waals surface area contributed by atoms with Crippen LogP contribution in [0.4, 0.5) is 0 Å². The van der Waals surface area contributed by atoms with Gasteiger partial charge in [-0.05, 0) is 19.1 Å². The van der Waals surface area contributed by atoms with Gasteiger partial charge in [-0.1, -0.05) is 17.7 Å². The number of ether oxygens (including phenoxy) is 1. The molecular formula is C10H12Cl2O2. The standard InChI is InChI=1S/C9H10O2.CH2Cl2/c1-7-3-5-8(6-4-7)9(10)11-2;2-1-3/h3-6H,1-2H3;1H2. The number of alkyl halides is 2. The van der Waals surface area contributed by atoms with Crippen LogP contribution in [0.5, 0.6) is 0 Å². The van der Waals surface area contributed by atoms with Crippen LogP contribution in [0.3, 0.4) is 0 Å². The van der Waals surface area contributed by atoms with Crippen molar-refractivity contribution in [2.45, 2.75) is 6.92 Å². The molecule has 0 saturated carbocycles. The summed E-state index contributed by atoms with van der Waals surface area (Å²) >= 11 is 9.53. The van der Waals surface area contributed by atoms with E-state index in [2.05, 4.69) is 4.74 Å². The molecule has 0 aromatic heterocycles. The van der Waals surface area contributed by atoms with Crippen molar-refractivity contribution < 1.29 is 9.53 Å². The zero-order chi connectivity index (χ0) is 11.0. The van der Waals surface area contributed by atoms with E-state index in [1.54, 1.807) is 12.1 Å². The first-order valence-electron chi connectivity index (χ1n) is 3.92. The lowest BCUT2D eigenvalue weighted by Crippen LogP contribution is -2.00. The summed E-state index contributed by atoms with van der Waals surface area (Å²) in [6.45, 7) is 1.97. The summed E-state index contributed by atoms with van der Waals surface area (Å²) in [4.78, 5) is 10.9. The third-order valence-electron chi connectivity index (χ3n) is 1.47. The highest BCUT2D eigenvalue weighted by molar-refractivity contribution is 6.40. The molecule has 0 atom stereocenters. The van der Waals surface area contributed by atoms with Crippen LogP contribution in [-0.2, 0) is 4.74 Å². The van der Waals surface area contributed by atoms with Crippen LogP contribution < -0.4 is 0 Å². The molecule has 0 heterocycles. The van der Waals surface area contributed by atoms with E-state index in [0.29, 0.717) is 5.56 Å². The first-order chi connectivity index (χ1) is 6.65. The Labute approximate surface area is 93.8 Å². The fraction of sp³-hybridized carbons (Fsp3) is 0.300. The molecular weight excluding hydrogens is 223 g/mol. The minimum atomic E-state index is -0.287. The summed E-state index contributed by atoms with van der Waals surface area (Å²) in [5.41, 5.74) is 1.73. The van der Waals surface area contributed by atoms with Gasteiger partial charge in [0.2, 0.25) is 0 Å². The summed E-state index contributed by atoms with van der Waals surface area (Å²) in [6, 6.07) is 7.26. The maximum atomic E-state index is 10.9. The van der Waals surface area contributed by atoms with Crippen molar-refractivity contribution in [2.75, 3.05) is 12.4 Å². The minimum absolute atomic E-state index is 0.194. The normalized spacial score (nSPS) is 8.57. The maximum Gasteiger partial charge on any atom is 0.337 e. The molecule has 0 N–H and O–H groups in total. The molecule has 0 aliphatic heterocycles. The fourth-order valence-corrected chi connectivity index (χ4v) is 0.807. The van der Waals surface area contributed by atoms with Crippen LogP contribution in [0.1, 0.15) is 15.9 Å². The Bertz CT molecular complexity index is 270. The zero-order valence-electron chi connectivity index (χ0n) is 8.09. The minimum Gasteiger partial charge on any atom is -0.465 e. The third kappa shape index (κ3) is 5.10. The maximum absolute atomic E-state index is 10.9. The Hall–Kier alpha value is -0.730. The van der Waals surface area contributed by atoms with E-state index in [1.165, 1.54) is 7.11 Å². The number of carbonyl (C=O) groups is 1. The number of benzene rings is 1. The first-order valence-corrected chi connectivity index (χ1v) is 4.99. The smallest absolute Gasteiger partial charge is 0.337 e. The first kappa shape index (κ1) is 13.3. The molecule has 0 aliphatic carbocycles. The van der Waals surface area contributed by atoms with E-state index in [1.807, 2.05) is 19.1 Å². The van der Waals surface area contributed by atoms with Gasteiger partial charge in [-0.2, -0.15) is 0 Å². The Morgan fingerprint density at radius 1 is 1.29 bits per heavy atom. The highest BCUT2D eigenvalue weighted by Crippen LogP contribution is 2.03. The summed E-state index contributed by atoms with van der Waals surface area (Å²) in [5, 5.41) is 0.194. The molecule has 0 amide bonds. The number of hydrogen-bond acceptors (Lipinski definition) is 2. The van der Waals surface area contributed by atoms with Crippen LogP contribution in [0.2, 0.25) is 0 Å². The summed E-state index contributed by atoms with van der Waals surface area (Å²) in [7, 11) is 1.38. The number of hydrogen-bond donors (Lipinski definition) is 0. The van der Waals surface area contributed by atoms with E-state index in [-0.39, 0.29) is 11.3 Å². The van der Waals surface area contributed by atoms with Gasteiger partial charge in [-0.3, -0.25) is 0 Å². The molecule has 0 bridgehead atoms. The van der Waals surface area contributed by atoms with E-state index in [4.69, 9.17) is 23.2 Å². The lowest BCUT2D eigenvalue weighted by molar-refractivity contribution is 0.0601. The quantitative estimate of drug-likeness (QED) is 0.551. The topological polar surface area (TPSA) is 26.3 Å². The lowest BCUT2D eigenvalue weighted by atomic mass is 10.2. The van der Waals surface area contributed by atoms with Gasteiger partial charge in [0, 0.05) is 0 Å². The SMILES string of the molecule is COC(=O)c1ccc(C)cc1.ClCCl. The van der Waals surface area contributed by atoms with Gasteiger partial charge in [-0.25, -0.2) is 4.79 Å². The number of rotatable bonds is 1. The van der Waals surface area contributed by atoms with E-state index in [9.17, 15) is 4.79 Å². The van der Waals surface area contributed by atoms with Crippen LogP contribution in [-0.4, -0.2) is 18.4 Å². The second-order valence-corrected chi connectivity index (χ2v) is 3.27. The Morgan fingerprint density at radius 3 is 2.07 bits per heavy atom. The van der Waals surface area contributed by atoms with Crippen LogP contribution in [0, 0.1) is 6.92 Å². The van der Waals surface area contributed by atoms with Crippen molar-refractivity contribution in [3.63, 3.8) is 0 Å². The van der Waals surface area contributed by atoms with Gasteiger partial charge < -0.3 is 4.74 Å². The molecule has 0 spiro atoms. The van der Waals surface area contributed by atoms with Gasteiger partial charge in [0.25, 0.3) is 0 Å². The van der Waals surface area contributed by atoms with Crippen molar-refractivity contribution in [3.8, 4) is 0 Å². The third-order valence-corrected chi connectivity index (χ3v) is 1.47. The number of methoxy groups -OCH3 is 1. The molecule has 1 aromatic rings. The van der Waals surface area contributed by atoms with Crippen molar-refractivity contribution in [1.82, 2.24) is 0 Å². The lowest BCUT2D eigenvalue weighted by Gasteiger charge is -1.97. The predicted octanol–water partition coefficient (Wildman–Crippen LogP) is 3.20. The van der Waals surface area contributed by atoms with Gasteiger partial charge in [0.1, 0.15) is 0 Å². The Kier molecular flexibility index (Phi) is 7.25. The monoisotopic (exact) mass is 234 g/mol. The van der Waals surface area contributed by atoms with Crippen LogP contribution in [0.15, 0.2) is 24.3 Å².